The summed E-state index contributed by atoms with van der Waals surface area (Å²) in [5, 5.41) is 9.07. The Morgan fingerprint density at radius 1 is 1.08 bits per heavy atom. The Bertz CT molecular complexity index is 931. The van der Waals surface area contributed by atoms with Gasteiger partial charge in [0.1, 0.15) is 11.9 Å². The number of anilines is 1. The summed E-state index contributed by atoms with van der Waals surface area (Å²) >= 11 is 12.5. The van der Waals surface area contributed by atoms with Gasteiger partial charge in [-0.15, -0.1) is 0 Å². The summed E-state index contributed by atoms with van der Waals surface area (Å²) in [6.07, 6.45) is 2.10. The monoisotopic (exact) mass is 356 g/mol. The van der Waals surface area contributed by atoms with Crippen molar-refractivity contribution in [2.24, 2.45) is 0 Å². The van der Waals surface area contributed by atoms with E-state index < -0.39 is 0 Å². The molecule has 0 unspecified atom stereocenters. The summed E-state index contributed by atoms with van der Waals surface area (Å²) in [6, 6.07) is 15.5. The van der Waals surface area contributed by atoms with Crippen LogP contribution in [-0.2, 0) is 0 Å². The van der Waals surface area contributed by atoms with E-state index in [0.717, 1.165) is 16.8 Å². The van der Waals surface area contributed by atoms with Crippen molar-refractivity contribution in [3.63, 3.8) is 0 Å². The van der Waals surface area contributed by atoms with Crippen molar-refractivity contribution in [1.29, 1.82) is 0 Å². The highest BCUT2D eigenvalue weighted by Gasteiger charge is 2.26. The molecule has 2 heterocycles. The number of fused-ring (bicyclic) bond motifs is 1. The molecule has 1 aromatic heterocycles. The number of rotatable bonds is 2. The number of nitrogens with one attached hydrogen (secondary N) is 1. The molecule has 1 aliphatic heterocycles. The number of benzene rings is 2. The Morgan fingerprint density at radius 2 is 1.88 bits per heavy atom. The number of allylic oxidation sites excluding steroid dienone is 1. The van der Waals surface area contributed by atoms with Crippen LogP contribution in [0, 0.1) is 6.92 Å². The lowest BCUT2D eigenvalue weighted by atomic mass is 10.0. The fraction of sp³-hybridized carbons (Fsp3) is 0.111. The average molecular weight is 357 g/mol. The van der Waals surface area contributed by atoms with E-state index in [2.05, 4.69) is 33.6 Å². The molecule has 3 aromatic rings. The maximum atomic E-state index is 6.43. The van der Waals surface area contributed by atoms with Crippen LogP contribution < -0.4 is 5.32 Å². The molecule has 1 aliphatic rings. The first kappa shape index (κ1) is 15.2. The molecule has 0 saturated heterocycles. The number of aryl methyl sites for hydroxylation is 1. The summed E-state index contributed by atoms with van der Waals surface area (Å²) < 4.78 is 1.84. The standard InChI is InChI=1S/C18H14Cl2N4/c1-11-21-18-22-16(12-5-3-2-4-6-12)10-17(24(18)23-11)14-8-7-13(19)9-15(14)20/h2-10,17H,1H3,(H,21,22,23)/t17-/m1/s1. The molecule has 4 rings (SSSR count). The SMILES string of the molecule is Cc1nc2n(n1)[C@@H](c1ccc(Cl)cc1Cl)C=C(c1ccccc1)N2. The lowest BCUT2D eigenvalue weighted by Crippen LogP contribution is -2.20. The molecule has 0 fully saturated rings. The van der Waals surface area contributed by atoms with Gasteiger partial charge in [-0.05, 0) is 36.3 Å². The Kier molecular flexibility index (Phi) is 3.79. The van der Waals surface area contributed by atoms with Crippen LogP contribution in [0.15, 0.2) is 54.6 Å². The second-order valence-electron chi connectivity index (χ2n) is 5.61. The Labute approximate surface area is 149 Å². The molecule has 0 amide bonds. The van der Waals surface area contributed by atoms with Gasteiger partial charge in [0.2, 0.25) is 5.95 Å². The van der Waals surface area contributed by atoms with Crippen LogP contribution in [0.5, 0.6) is 0 Å². The maximum absolute atomic E-state index is 6.43. The Hall–Kier alpha value is -2.30. The van der Waals surface area contributed by atoms with Gasteiger partial charge in [0, 0.05) is 15.7 Å². The summed E-state index contributed by atoms with van der Waals surface area (Å²) in [6.45, 7) is 1.87. The molecule has 0 spiro atoms. The van der Waals surface area contributed by atoms with E-state index in [1.54, 1.807) is 6.07 Å². The van der Waals surface area contributed by atoms with Crippen LogP contribution in [0.1, 0.15) is 23.0 Å². The Balaban J connectivity index is 1.87. The van der Waals surface area contributed by atoms with E-state index in [0.29, 0.717) is 21.8 Å². The highest BCUT2D eigenvalue weighted by Crippen LogP contribution is 2.36. The van der Waals surface area contributed by atoms with Gasteiger partial charge in [-0.1, -0.05) is 59.6 Å². The first-order valence-electron chi connectivity index (χ1n) is 7.54. The van der Waals surface area contributed by atoms with Gasteiger partial charge < -0.3 is 5.32 Å². The lowest BCUT2D eigenvalue weighted by molar-refractivity contribution is 0.607. The van der Waals surface area contributed by atoms with Crippen molar-refractivity contribution in [2.75, 3.05) is 5.32 Å². The lowest BCUT2D eigenvalue weighted by Gasteiger charge is -2.25. The third-order valence-electron chi connectivity index (χ3n) is 3.94. The van der Waals surface area contributed by atoms with Gasteiger partial charge in [-0.2, -0.15) is 10.1 Å². The number of nitrogens with zero attached hydrogens (tertiary/aromatic N) is 3. The fourth-order valence-electron chi connectivity index (χ4n) is 2.85. The molecule has 0 radical (unpaired) electrons. The average Bonchev–Trinajstić information content (AvgIpc) is 2.95. The number of halogens is 2. The smallest absolute Gasteiger partial charge is 0.226 e. The zero-order valence-electron chi connectivity index (χ0n) is 12.9. The molecule has 1 N–H and O–H groups in total. The van der Waals surface area contributed by atoms with E-state index in [1.807, 2.05) is 41.9 Å². The van der Waals surface area contributed by atoms with Crippen molar-refractivity contribution in [3.8, 4) is 0 Å². The third-order valence-corrected chi connectivity index (χ3v) is 4.50. The van der Waals surface area contributed by atoms with Crippen molar-refractivity contribution < 1.29 is 0 Å². The van der Waals surface area contributed by atoms with Crippen LogP contribution in [0.4, 0.5) is 5.95 Å². The highest BCUT2D eigenvalue weighted by molar-refractivity contribution is 6.35. The number of hydrogen-bond donors (Lipinski definition) is 1. The quantitative estimate of drug-likeness (QED) is 0.706. The van der Waals surface area contributed by atoms with Crippen molar-refractivity contribution in [2.45, 2.75) is 13.0 Å². The summed E-state index contributed by atoms with van der Waals surface area (Å²) in [5.41, 5.74) is 2.99. The van der Waals surface area contributed by atoms with Crippen LogP contribution >= 0.6 is 23.2 Å². The van der Waals surface area contributed by atoms with E-state index in [4.69, 9.17) is 23.2 Å². The normalized spacial score (nSPS) is 16.3. The minimum atomic E-state index is -0.151. The second-order valence-corrected chi connectivity index (χ2v) is 6.45. The third kappa shape index (κ3) is 2.68. The number of hydrogen-bond acceptors (Lipinski definition) is 3. The second kappa shape index (κ2) is 5.96. The van der Waals surface area contributed by atoms with Crippen LogP contribution in [-0.4, -0.2) is 14.8 Å². The predicted molar refractivity (Wildman–Crippen MR) is 97.4 cm³/mol. The molecular formula is C18H14Cl2N4. The van der Waals surface area contributed by atoms with Gasteiger partial charge in [0.05, 0.1) is 0 Å². The van der Waals surface area contributed by atoms with Gasteiger partial charge in [0.15, 0.2) is 0 Å². The van der Waals surface area contributed by atoms with E-state index in [-0.39, 0.29) is 6.04 Å². The van der Waals surface area contributed by atoms with E-state index >= 15 is 0 Å². The van der Waals surface area contributed by atoms with Gasteiger partial charge in [-0.25, -0.2) is 4.68 Å². The maximum Gasteiger partial charge on any atom is 0.226 e. The van der Waals surface area contributed by atoms with Crippen LogP contribution in [0.25, 0.3) is 5.70 Å². The molecule has 24 heavy (non-hydrogen) atoms. The molecule has 0 bridgehead atoms. The van der Waals surface area contributed by atoms with Crippen molar-refractivity contribution >= 4 is 34.8 Å². The van der Waals surface area contributed by atoms with Gasteiger partial charge in [0.25, 0.3) is 0 Å². The molecule has 0 saturated carbocycles. The Morgan fingerprint density at radius 3 is 2.62 bits per heavy atom. The zero-order chi connectivity index (χ0) is 16.7. The zero-order valence-corrected chi connectivity index (χ0v) is 14.4. The molecular weight excluding hydrogens is 343 g/mol. The number of aromatic nitrogens is 3. The molecule has 6 heteroatoms. The molecule has 0 aliphatic carbocycles. The van der Waals surface area contributed by atoms with Crippen LogP contribution in [0.3, 0.4) is 0 Å². The van der Waals surface area contributed by atoms with Crippen molar-refractivity contribution in [1.82, 2.24) is 14.8 Å². The fourth-order valence-corrected chi connectivity index (χ4v) is 3.37. The van der Waals surface area contributed by atoms with Crippen molar-refractivity contribution in [3.05, 3.63) is 81.6 Å². The largest absolute Gasteiger partial charge is 0.324 e. The molecule has 2 aromatic carbocycles. The molecule has 1 atom stereocenters. The predicted octanol–water partition coefficient (Wildman–Crippen LogP) is 4.95. The van der Waals surface area contributed by atoms with E-state index in [9.17, 15) is 0 Å². The minimum absolute atomic E-state index is 0.151. The minimum Gasteiger partial charge on any atom is -0.324 e. The summed E-state index contributed by atoms with van der Waals surface area (Å²) in [4.78, 5) is 4.48. The van der Waals surface area contributed by atoms with Gasteiger partial charge >= 0.3 is 0 Å². The first-order valence-corrected chi connectivity index (χ1v) is 8.30. The topological polar surface area (TPSA) is 42.7 Å². The summed E-state index contributed by atoms with van der Waals surface area (Å²) in [7, 11) is 0. The van der Waals surface area contributed by atoms with Gasteiger partial charge in [-0.3, -0.25) is 0 Å². The van der Waals surface area contributed by atoms with Crippen LogP contribution in [0.2, 0.25) is 10.0 Å². The van der Waals surface area contributed by atoms with E-state index in [1.165, 1.54) is 0 Å². The molecule has 4 nitrogen and oxygen atoms in total. The summed E-state index contributed by atoms with van der Waals surface area (Å²) in [5.74, 6) is 1.40. The first-order chi connectivity index (χ1) is 11.6. The highest BCUT2D eigenvalue weighted by atomic mass is 35.5. The molecule has 120 valence electrons.